The number of carbonyl (C=O) groups is 1. The first-order valence-corrected chi connectivity index (χ1v) is 9.23. The van der Waals surface area contributed by atoms with E-state index in [0.29, 0.717) is 12.3 Å². The number of amides is 1. The number of hydrogen-bond acceptors (Lipinski definition) is 5. The second-order valence-corrected chi connectivity index (χ2v) is 6.92. The van der Waals surface area contributed by atoms with Gasteiger partial charge >= 0.3 is 0 Å². The number of ether oxygens (including phenoxy) is 1. The predicted molar refractivity (Wildman–Crippen MR) is 110 cm³/mol. The lowest BCUT2D eigenvalue weighted by Gasteiger charge is -2.11. The minimum Gasteiger partial charge on any atom is -0.457 e. The van der Waals surface area contributed by atoms with E-state index >= 15 is 0 Å². The van der Waals surface area contributed by atoms with Crippen molar-refractivity contribution in [2.75, 3.05) is 5.32 Å². The van der Waals surface area contributed by atoms with Gasteiger partial charge in [0.2, 0.25) is 0 Å². The Bertz CT molecular complexity index is 1070. The maximum Gasteiger partial charge on any atom is 0.275 e. The lowest BCUT2D eigenvalue weighted by atomic mass is 10.1. The molecule has 150 valence electrons. The number of aromatic nitrogens is 2. The number of nitro groups is 1. The van der Waals surface area contributed by atoms with Crippen molar-refractivity contribution in [3.63, 3.8) is 0 Å². The normalized spacial score (nSPS) is 10.6. The van der Waals surface area contributed by atoms with Gasteiger partial charge in [0.1, 0.15) is 17.2 Å². The summed E-state index contributed by atoms with van der Waals surface area (Å²) >= 11 is 6.06. The molecule has 2 aromatic carbocycles. The third kappa shape index (κ3) is 4.72. The van der Waals surface area contributed by atoms with Crippen molar-refractivity contribution < 1.29 is 14.5 Å². The van der Waals surface area contributed by atoms with Crippen molar-refractivity contribution >= 4 is 28.9 Å². The van der Waals surface area contributed by atoms with Gasteiger partial charge in [-0.2, -0.15) is 5.10 Å². The summed E-state index contributed by atoms with van der Waals surface area (Å²) in [6.45, 7) is 6.13. The molecule has 0 saturated heterocycles. The van der Waals surface area contributed by atoms with E-state index in [-0.39, 0.29) is 27.8 Å². The van der Waals surface area contributed by atoms with E-state index < -0.39 is 10.8 Å². The summed E-state index contributed by atoms with van der Waals surface area (Å²) in [5, 5.41) is 18.2. The number of nitrogens with zero attached hydrogens (tertiary/aromatic N) is 3. The average Bonchev–Trinajstić information content (AvgIpc) is 3.01. The minimum atomic E-state index is -0.548. The largest absolute Gasteiger partial charge is 0.457 e. The molecule has 1 amide bonds. The number of aryl methyl sites for hydroxylation is 3. The first-order valence-electron chi connectivity index (χ1n) is 8.85. The van der Waals surface area contributed by atoms with E-state index in [9.17, 15) is 14.9 Å². The van der Waals surface area contributed by atoms with Gasteiger partial charge in [0.05, 0.1) is 27.9 Å². The van der Waals surface area contributed by atoms with Crippen LogP contribution in [0.3, 0.4) is 0 Å². The van der Waals surface area contributed by atoms with Crippen LogP contribution in [0.25, 0.3) is 0 Å². The molecule has 8 nitrogen and oxygen atoms in total. The number of nitrogens with one attached hydrogen (secondary N) is 1. The van der Waals surface area contributed by atoms with Gasteiger partial charge in [0.15, 0.2) is 0 Å². The lowest BCUT2D eigenvalue weighted by molar-refractivity contribution is -0.384. The van der Waals surface area contributed by atoms with E-state index in [1.165, 1.54) is 29.1 Å². The quantitative estimate of drug-likeness (QED) is 0.445. The fourth-order valence-electron chi connectivity index (χ4n) is 2.97. The summed E-state index contributed by atoms with van der Waals surface area (Å²) in [7, 11) is 0. The van der Waals surface area contributed by atoms with Crippen molar-refractivity contribution in [2.24, 2.45) is 0 Å². The standard InChI is InChI=1S/C20H19ClN4O4/c1-4-24-19(18(21)11-22-24)20(26)23-14-8-15(25(27)28)10-17(9-14)29-16-6-12(2)5-13(3)7-16/h5-11H,4H2,1-3H3,(H,23,26). The zero-order chi connectivity index (χ0) is 21.1. The Morgan fingerprint density at radius 3 is 2.45 bits per heavy atom. The molecule has 0 atom stereocenters. The highest BCUT2D eigenvalue weighted by atomic mass is 35.5. The van der Waals surface area contributed by atoms with Gasteiger partial charge in [-0.05, 0) is 44.0 Å². The van der Waals surface area contributed by atoms with E-state index in [4.69, 9.17) is 16.3 Å². The molecule has 3 aromatic rings. The van der Waals surface area contributed by atoms with Crippen LogP contribution in [-0.4, -0.2) is 20.6 Å². The van der Waals surface area contributed by atoms with Crippen LogP contribution in [0.2, 0.25) is 5.02 Å². The number of benzene rings is 2. The van der Waals surface area contributed by atoms with Crippen LogP contribution in [-0.2, 0) is 6.54 Å². The van der Waals surface area contributed by atoms with Crippen molar-refractivity contribution in [1.82, 2.24) is 9.78 Å². The molecule has 1 heterocycles. The predicted octanol–water partition coefficient (Wildman–Crippen LogP) is 5.13. The Morgan fingerprint density at radius 2 is 1.83 bits per heavy atom. The van der Waals surface area contributed by atoms with Crippen LogP contribution in [0, 0.1) is 24.0 Å². The average molecular weight is 415 g/mol. The first-order chi connectivity index (χ1) is 13.8. The SMILES string of the molecule is CCn1ncc(Cl)c1C(=O)Nc1cc(Oc2cc(C)cc(C)c2)cc([N+](=O)[O-])c1. The van der Waals surface area contributed by atoms with Gasteiger partial charge in [-0.1, -0.05) is 17.7 Å². The minimum absolute atomic E-state index is 0.178. The highest BCUT2D eigenvalue weighted by molar-refractivity contribution is 6.34. The summed E-state index contributed by atoms with van der Waals surface area (Å²) in [4.78, 5) is 23.4. The van der Waals surface area contributed by atoms with Crippen LogP contribution in [0.15, 0.2) is 42.6 Å². The van der Waals surface area contributed by atoms with Gasteiger partial charge in [-0.25, -0.2) is 0 Å². The van der Waals surface area contributed by atoms with Crippen LogP contribution in [0.5, 0.6) is 11.5 Å². The highest BCUT2D eigenvalue weighted by Gasteiger charge is 2.19. The zero-order valence-corrected chi connectivity index (χ0v) is 16.9. The molecule has 29 heavy (non-hydrogen) atoms. The third-order valence-corrected chi connectivity index (χ3v) is 4.38. The van der Waals surface area contributed by atoms with Crippen molar-refractivity contribution in [1.29, 1.82) is 0 Å². The number of hydrogen-bond donors (Lipinski definition) is 1. The summed E-state index contributed by atoms with van der Waals surface area (Å²) in [6, 6.07) is 9.71. The van der Waals surface area contributed by atoms with Crippen molar-refractivity contribution in [2.45, 2.75) is 27.3 Å². The van der Waals surface area contributed by atoms with Gasteiger partial charge in [-0.3, -0.25) is 19.6 Å². The molecule has 0 bridgehead atoms. The number of non-ortho nitro benzene ring substituents is 1. The first kappa shape index (κ1) is 20.3. The van der Waals surface area contributed by atoms with Crippen LogP contribution in [0.1, 0.15) is 28.5 Å². The summed E-state index contributed by atoms with van der Waals surface area (Å²) < 4.78 is 7.26. The molecule has 0 spiro atoms. The molecule has 9 heteroatoms. The second-order valence-electron chi connectivity index (χ2n) is 6.51. The van der Waals surface area contributed by atoms with Gasteiger partial charge in [0.25, 0.3) is 11.6 Å². The number of nitro benzene ring substituents is 1. The number of halogens is 1. The highest BCUT2D eigenvalue weighted by Crippen LogP contribution is 2.31. The fourth-order valence-corrected chi connectivity index (χ4v) is 3.19. The van der Waals surface area contributed by atoms with E-state index in [1.807, 2.05) is 39.0 Å². The smallest absolute Gasteiger partial charge is 0.275 e. The van der Waals surface area contributed by atoms with Crippen molar-refractivity contribution in [3.05, 3.63) is 74.6 Å². The Balaban J connectivity index is 1.93. The maximum absolute atomic E-state index is 12.6. The Morgan fingerprint density at radius 1 is 1.17 bits per heavy atom. The Kier molecular flexibility index (Phi) is 5.84. The Hall–Kier alpha value is -3.39. The molecule has 1 N–H and O–H groups in total. The van der Waals surface area contributed by atoms with E-state index in [1.54, 1.807) is 0 Å². The maximum atomic E-state index is 12.6. The summed E-state index contributed by atoms with van der Waals surface area (Å²) in [6.07, 6.45) is 1.38. The topological polar surface area (TPSA) is 99.3 Å². The molecule has 0 aliphatic heterocycles. The van der Waals surface area contributed by atoms with Gasteiger partial charge in [-0.15, -0.1) is 0 Å². The molecular formula is C20H19ClN4O4. The molecule has 0 aliphatic rings. The molecule has 3 rings (SSSR count). The molecule has 0 unspecified atom stereocenters. The summed E-state index contributed by atoms with van der Waals surface area (Å²) in [5.74, 6) is 0.258. The molecule has 0 aliphatic carbocycles. The third-order valence-electron chi connectivity index (χ3n) is 4.10. The molecule has 0 radical (unpaired) electrons. The van der Waals surface area contributed by atoms with Gasteiger partial charge in [0, 0.05) is 18.7 Å². The zero-order valence-electron chi connectivity index (χ0n) is 16.1. The second kappa shape index (κ2) is 8.32. The van der Waals surface area contributed by atoms with Crippen LogP contribution < -0.4 is 10.1 Å². The molecule has 0 saturated carbocycles. The monoisotopic (exact) mass is 414 g/mol. The van der Waals surface area contributed by atoms with Crippen LogP contribution >= 0.6 is 11.6 Å². The van der Waals surface area contributed by atoms with E-state index in [0.717, 1.165) is 11.1 Å². The van der Waals surface area contributed by atoms with Gasteiger partial charge < -0.3 is 10.1 Å². The number of rotatable bonds is 6. The number of anilines is 1. The summed E-state index contributed by atoms with van der Waals surface area (Å²) in [5.41, 5.74) is 2.18. The number of carbonyl (C=O) groups excluding carboxylic acids is 1. The Labute approximate surface area is 172 Å². The van der Waals surface area contributed by atoms with Crippen molar-refractivity contribution in [3.8, 4) is 11.5 Å². The molecule has 0 fully saturated rings. The van der Waals surface area contributed by atoms with E-state index in [2.05, 4.69) is 10.4 Å². The lowest BCUT2D eigenvalue weighted by Crippen LogP contribution is -2.18. The molecule has 1 aromatic heterocycles. The molecular weight excluding hydrogens is 396 g/mol. The fraction of sp³-hybridized carbons (Fsp3) is 0.200. The van der Waals surface area contributed by atoms with Crippen LogP contribution in [0.4, 0.5) is 11.4 Å².